The monoisotopic (exact) mass is 346 g/mol. The average Bonchev–Trinajstić information content (AvgIpc) is 2.81. The van der Waals surface area contributed by atoms with Crippen LogP contribution in [0, 0.1) is 11.3 Å². The Labute approximate surface area is 126 Å². The van der Waals surface area contributed by atoms with Crippen LogP contribution in [0.15, 0.2) is 50.0 Å². The molecule has 0 fully saturated rings. The average molecular weight is 347 g/mol. The Kier molecular flexibility index (Phi) is 4.45. The summed E-state index contributed by atoms with van der Waals surface area (Å²) >= 11 is 6.90. The number of hydrogen-bond donors (Lipinski definition) is 1. The van der Waals surface area contributed by atoms with Crippen LogP contribution < -0.4 is 0 Å². The van der Waals surface area contributed by atoms with E-state index < -0.39 is 20.6 Å². The first-order chi connectivity index (χ1) is 9.47. The molecule has 1 unspecified atom stereocenters. The first-order valence-corrected chi connectivity index (χ1v) is 8.97. The Morgan fingerprint density at radius 3 is 2.45 bits per heavy atom. The van der Waals surface area contributed by atoms with Gasteiger partial charge in [-0.2, -0.15) is 5.26 Å². The summed E-state index contributed by atoms with van der Waals surface area (Å²) in [6.45, 7) is 0. The standard InChI is InChI=1S/C11H7ClN2O3S3/c12-11-10(6-8(7-13)18-11)20(17,14-19(15)16)9-4-2-1-3-5-9/h1-6,19H. The van der Waals surface area contributed by atoms with E-state index in [1.807, 2.05) is 6.07 Å². The Bertz CT molecular complexity index is 864. The minimum absolute atomic E-state index is 0.0473. The number of halogens is 1. The summed E-state index contributed by atoms with van der Waals surface area (Å²) in [5.41, 5.74) is 0. The fraction of sp³-hybridized carbons (Fsp3) is 0. The van der Waals surface area contributed by atoms with Crippen molar-refractivity contribution in [2.75, 3.05) is 0 Å². The predicted octanol–water partition coefficient (Wildman–Crippen LogP) is 2.69. The van der Waals surface area contributed by atoms with Crippen LogP contribution in [-0.2, 0) is 20.6 Å². The third kappa shape index (κ3) is 2.86. The minimum atomic E-state index is -3.41. The zero-order valence-electron chi connectivity index (χ0n) is 9.72. The maximum atomic E-state index is 13.0. The summed E-state index contributed by atoms with van der Waals surface area (Å²) in [6, 6.07) is 11.1. The van der Waals surface area contributed by atoms with Crippen LogP contribution in [0.2, 0.25) is 4.34 Å². The molecule has 0 saturated heterocycles. The molecule has 2 aromatic rings. The Morgan fingerprint density at radius 2 is 1.95 bits per heavy atom. The van der Waals surface area contributed by atoms with Crippen LogP contribution in [0.5, 0.6) is 0 Å². The molecule has 104 valence electrons. The van der Waals surface area contributed by atoms with Gasteiger partial charge < -0.3 is 0 Å². The topological polar surface area (TPSA) is 87.4 Å². The lowest BCUT2D eigenvalue weighted by Gasteiger charge is -2.07. The Morgan fingerprint density at radius 1 is 1.30 bits per heavy atom. The van der Waals surface area contributed by atoms with Crippen molar-refractivity contribution in [3.05, 3.63) is 45.6 Å². The van der Waals surface area contributed by atoms with Crippen LogP contribution >= 0.6 is 22.9 Å². The fourth-order valence-corrected chi connectivity index (χ4v) is 6.00. The lowest BCUT2D eigenvalue weighted by Crippen LogP contribution is -2.01. The van der Waals surface area contributed by atoms with Gasteiger partial charge in [-0.1, -0.05) is 29.8 Å². The van der Waals surface area contributed by atoms with Crippen LogP contribution in [-0.4, -0.2) is 12.6 Å². The van der Waals surface area contributed by atoms with Gasteiger partial charge in [-0.3, -0.25) is 0 Å². The quantitative estimate of drug-likeness (QED) is 0.865. The van der Waals surface area contributed by atoms with E-state index >= 15 is 0 Å². The molecule has 1 atom stereocenters. The molecular formula is C11H7ClN2O3S3. The van der Waals surface area contributed by atoms with Crippen molar-refractivity contribution in [2.45, 2.75) is 9.79 Å². The first-order valence-electron chi connectivity index (χ1n) is 5.13. The summed E-state index contributed by atoms with van der Waals surface area (Å²) in [7, 11) is -6.64. The van der Waals surface area contributed by atoms with E-state index in [1.165, 1.54) is 18.2 Å². The van der Waals surface area contributed by atoms with Crippen LogP contribution in [0.25, 0.3) is 0 Å². The normalized spacial score (nSPS) is 13.7. The van der Waals surface area contributed by atoms with Crippen molar-refractivity contribution >= 4 is 43.6 Å². The molecule has 2 rings (SSSR count). The highest BCUT2D eigenvalue weighted by Gasteiger charge is 2.22. The van der Waals surface area contributed by atoms with E-state index in [2.05, 4.69) is 3.77 Å². The molecule has 0 aliphatic heterocycles. The molecule has 20 heavy (non-hydrogen) atoms. The molecule has 1 heterocycles. The molecule has 5 nitrogen and oxygen atoms in total. The van der Waals surface area contributed by atoms with Crippen molar-refractivity contribution in [2.24, 2.45) is 3.77 Å². The maximum absolute atomic E-state index is 13.0. The zero-order valence-corrected chi connectivity index (χ0v) is 13.0. The van der Waals surface area contributed by atoms with Crippen molar-refractivity contribution < 1.29 is 12.6 Å². The fourth-order valence-electron chi connectivity index (χ4n) is 1.51. The second kappa shape index (κ2) is 5.93. The molecule has 1 aromatic heterocycles. The lowest BCUT2D eigenvalue weighted by atomic mass is 10.4. The van der Waals surface area contributed by atoms with Crippen molar-refractivity contribution in [1.82, 2.24) is 0 Å². The summed E-state index contributed by atoms with van der Waals surface area (Å²) in [4.78, 5) is 0.513. The van der Waals surface area contributed by atoms with E-state index in [9.17, 15) is 12.6 Å². The number of hydrogen-bond acceptors (Lipinski definition) is 5. The van der Waals surface area contributed by atoms with Crippen molar-refractivity contribution in [1.29, 1.82) is 5.26 Å². The van der Waals surface area contributed by atoms with Gasteiger partial charge in [0, 0.05) is 0 Å². The third-order valence-corrected chi connectivity index (χ3v) is 7.10. The van der Waals surface area contributed by atoms with E-state index in [0.29, 0.717) is 0 Å². The number of thiol groups is 1. The van der Waals surface area contributed by atoms with E-state index in [4.69, 9.17) is 16.9 Å². The first kappa shape index (κ1) is 15.0. The van der Waals surface area contributed by atoms with Crippen LogP contribution in [0.1, 0.15) is 4.88 Å². The van der Waals surface area contributed by atoms with E-state index in [1.54, 1.807) is 18.2 Å². The second-order valence-corrected chi connectivity index (χ2v) is 8.26. The van der Waals surface area contributed by atoms with Gasteiger partial charge >= 0.3 is 0 Å². The highest BCUT2D eigenvalue weighted by Crippen LogP contribution is 2.35. The number of benzene rings is 1. The summed E-state index contributed by atoms with van der Waals surface area (Å²) in [5, 5.41) is 8.85. The molecule has 0 radical (unpaired) electrons. The molecular weight excluding hydrogens is 340 g/mol. The number of nitrogens with zero attached hydrogens (tertiary/aromatic N) is 2. The molecule has 0 spiro atoms. The molecule has 0 bridgehead atoms. The molecule has 9 heteroatoms. The van der Waals surface area contributed by atoms with Gasteiger partial charge in [-0.15, -0.1) is 15.1 Å². The third-order valence-electron chi connectivity index (χ3n) is 2.31. The maximum Gasteiger partial charge on any atom is 0.251 e. The van der Waals surface area contributed by atoms with Gasteiger partial charge in [-0.05, 0) is 18.2 Å². The molecule has 0 aliphatic carbocycles. The van der Waals surface area contributed by atoms with Crippen molar-refractivity contribution in [3.63, 3.8) is 0 Å². The number of rotatable bonds is 3. The highest BCUT2D eigenvalue weighted by atomic mass is 35.5. The summed E-state index contributed by atoms with van der Waals surface area (Å²) in [6.07, 6.45) is 0. The Hall–Kier alpha value is -1.40. The zero-order chi connectivity index (χ0) is 14.8. The smallest absolute Gasteiger partial charge is 0.239 e. The van der Waals surface area contributed by atoms with E-state index in [0.717, 1.165) is 11.3 Å². The number of thiophene rings is 1. The minimum Gasteiger partial charge on any atom is -0.239 e. The highest BCUT2D eigenvalue weighted by molar-refractivity contribution is 7.98. The molecule has 0 N–H and O–H groups in total. The van der Waals surface area contributed by atoms with Crippen molar-refractivity contribution in [3.8, 4) is 6.07 Å². The van der Waals surface area contributed by atoms with Crippen LogP contribution in [0.4, 0.5) is 0 Å². The van der Waals surface area contributed by atoms with Gasteiger partial charge in [0.2, 0.25) is 0 Å². The largest absolute Gasteiger partial charge is 0.251 e. The molecule has 0 saturated carbocycles. The number of nitriles is 1. The molecule has 1 aromatic carbocycles. The predicted molar refractivity (Wildman–Crippen MR) is 77.9 cm³/mol. The lowest BCUT2D eigenvalue weighted by molar-refractivity contribution is 0.616. The van der Waals surface area contributed by atoms with Gasteiger partial charge in [0.1, 0.15) is 25.0 Å². The second-order valence-electron chi connectivity index (χ2n) is 3.52. The molecule has 0 amide bonds. The van der Waals surface area contributed by atoms with Crippen LogP contribution in [0.3, 0.4) is 0 Å². The van der Waals surface area contributed by atoms with Gasteiger partial charge in [0.15, 0.2) is 0 Å². The Balaban J connectivity index is 2.83. The summed E-state index contributed by atoms with van der Waals surface area (Å²) in [5.74, 6) is 0. The SMILES string of the molecule is N#Cc1cc(S(=O)(=N[SH](=O)=O)c2ccccc2)c(Cl)s1. The van der Waals surface area contributed by atoms with Gasteiger partial charge in [0.25, 0.3) is 10.9 Å². The van der Waals surface area contributed by atoms with E-state index in [-0.39, 0.29) is 19.0 Å². The van der Waals surface area contributed by atoms with Gasteiger partial charge in [-0.25, -0.2) is 12.6 Å². The molecule has 0 aliphatic rings. The van der Waals surface area contributed by atoms with Gasteiger partial charge in [0.05, 0.1) is 9.79 Å². The summed E-state index contributed by atoms with van der Waals surface area (Å²) < 4.78 is 38.3.